The third kappa shape index (κ3) is 3.44. The summed E-state index contributed by atoms with van der Waals surface area (Å²) in [5.74, 6) is 0. The highest BCUT2D eigenvalue weighted by Crippen LogP contribution is 2.48. The first kappa shape index (κ1) is 24.8. The molecule has 2 N–H and O–H groups in total. The van der Waals surface area contributed by atoms with Crippen LogP contribution in [0.2, 0.25) is 0 Å². The summed E-state index contributed by atoms with van der Waals surface area (Å²) in [5, 5.41) is 3.46. The summed E-state index contributed by atoms with van der Waals surface area (Å²) in [4.78, 5) is 1.30. The van der Waals surface area contributed by atoms with Crippen molar-refractivity contribution in [3.05, 3.63) is 73.4 Å². The molecule has 0 amide bonds. The predicted molar refractivity (Wildman–Crippen MR) is 124 cm³/mol. The first-order chi connectivity index (χ1) is 16.0. The largest absolute Gasteiger partial charge is 0.737 e. The van der Waals surface area contributed by atoms with Crippen molar-refractivity contribution in [3.8, 4) is 0 Å². The van der Waals surface area contributed by atoms with Crippen molar-refractivity contribution in [3.63, 3.8) is 0 Å². The van der Waals surface area contributed by atoms with Crippen LogP contribution < -0.4 is 0 Å². The van der Waals surface area contributed by atoms with Crippen molar-refractivity contribution in [2.24, 2.45) is 5.11 Å². The van der Waals surface area contributed by atoms with E-state index in [-0.39, 0.29) is 39.4 Å². The second kappa shape index (κ2) is 7.60. The fourth-order valence-electron chi connectivity index (χ4n) is 5.07. The zero-order valence-corrected chi connectivity index (χ0v) is 20.4. The van der Waals surface area contributed by atoms with E-state index in [4.69, 9.17) is 5.53 Å². The second-order valence-electron chi connectivity index (χ2n) is 8.17. The van der Waals surface area contributed by atoms with Crippen LogP contribution in [0.25, 0.3) is 16.0 Å². The van der Waals surface area contributed by atoms with Gasteiger partial charge in [0, 0.05) is 34.5 Å². The van der Waals surface area contributed by atoms with Gasteiger partial charge in [-0.15, -0.1) is 0 Å². The van der Waals surface area contributed by atoms with Crippen LogP contribution in [0.3, 0.4) is 0 Å². The molecule has 0 spiro atoms. The number of azide groups is 1. The van der Waals surface area contributed by atoms with Crippen LogP contribution in [0.4, 0.5) is 14.3 Å². The van der Waals surface area contributed by atoms with Crippen LogP contribution in [-0.2, 0) is 20.2 Å². The molecule has 184 valence electrons. The van der Waals surface area contributed by atoms with E-state index >= 15 is 8.63 Å². The predicted octanol–water partition coefficient (Wildman–Crippen LogP) is 3.94. The molecule has 0 atom stereocenters. The molecule has 4 rings (SSSR count). The maximum absolute atomic E-state index is 16.1. The molecular formula is C19H18BF2N5O6S2. The van der Waals surface area contributed by atoms with Crippen molar-refractivity contribution in [2.75, 3.05) is 0 Å². The number of fused-ring (bicyclic) bond motifs is 2. The molecule has 11 nitrogen and oxygen atoms in total. The average Bonchev–Trinajstić information content (AvgIpc) is 3.14. The topological polar surface area (TPSA) is 165 Å². The van der Waals surface area contributed by atoms with Gasteiger partial charge in [-0.2, -0.15) is 16.8 Å². The summed E-state index contributed by atoms with van der Waals surface area (Å²) in [6.07, 6.45) is 0. The number of aromatic nitrogens is 1. The van der Waals surface area contributed by atoms with E-state index in [1.54, 1.807) is 0 Å². The molecule has 1 aromatic carbocycles. The van der Waals surface area contributed by atoms with E-state index in [0.717, 1.165) is 13.8 Å². The third-order valence-corrected chi connectivity index (χ3v) is 8.42. The average molecular weight is 525 g/mol. The quantitative estimate of drug-likeness (QED) is 0.202. The molecule has 0 saturated heterocycles. The summed E-state index contributed by atoms with van der Waals surface area (Å²) in [5.41, 5.74) is 7.45. The zero-order chi connectivity index (χ0) is 26.2. The molecule has 2 aliphatic rings. The minimum atomic E-state index is -4.91. The molecule has 0 fully saturated rings. The lowest BCUT2D eigenvalue weighted by molar-refractivity contribution is -0.363. The fraction of sp³-hybridized carbons (Fsp3) is 0.211. The lowest BCUT2D eigenvalue weighted by atomic mass is 9.84. The highest BCUT2D eigenvalue weighted by atomic mass is 32.2. The molecule has 3 heterocycles. The van der Waals surface area contributed by atoms with Crippen LogP contribution in [0.1, 0.15) is 36.4 Å². The molecule has 16 heteroatoms. The molecule has 35 heavy (non-hydrogen) atoms. The lowest BCUT2D eigenvalue weighted by Gasteiger charge is -2.33. The van der Waals surface area contributed by atoms with Crippen molar-refractivity contribution in [1.29, 1.82) is 0 Å². The number of nitrogens with zero attached hydrogens (tertiary/aromatic N) is 5. The van der Waals surface area contributed by atoms with Crippen LogP contribution in [0, 0.1) is 13.8 Å². The van der Waals surface area contributed by atoms with Crippen LogP contribution in [0.15, 0.2) is 50.5 Å². The fourth-order valence-corrected chi connectivity index (χ4v) is 6.98. The SMILES string of the molecule is CC1=C(S(=O)(=O)O)C(C)=[N+]2C1=C(c1ccc(N=[N+]=[N-])cc1)c1c(C)c(S(=O)(=O)O)c(C)n1[B-]2(F)F. The van der Waals surface area contributed by atoms with E-state index in [1.807, 2.05) is 0 Å². The van der Waals surface area contributed by atoms with Gasteiger partial charge in [0.2, 0.25) is 0 Å². The number of hydrogen-bond acceptors (Lipinski definition) is 5. The molecular weight excluding hydrogens is 507 g/mol. The molecule has 0 aliphatic carbocycles. The Morgan fingerprint density at radius 1 is 1.03 bits per heavy atom. The summed E-state index contributed by atoms with van der Waals surface area (Å²) < 4.78 is 101. The van der Waals surface area contributed by atoms with E-state index in [1.165, 1.54) is 38.1 Å². The molecule has 2 aromatic rings. The molecule has 2 aliphatic heterocycles. The van der Waals surface area contributed by atoms with Crippen molar-refractivity contribution in [2.45, 2.75) is 32.6 Å². The van der Waals surface area contributed by atoms with Gasteiger partial charge >= 0.3 is 17.1 Å². The van der Waals surface area contributed by atoms with Gasteiger partial charge in [-0.05, 0) is 37.4 Å². The normalized spacial score (nSPS) is 17.5. The van der Waals surface area contributed by atoms with Crippen LogP contribution in [-0.4, -0.2) is 47.6 Å². The molecule has 1 aromatic heterocycles. The minimum absolute atomic E-state index is 0.0382. The molecule has 0 saturated carbocycles. The molecule has 0 unspecified atom stereocenters. The van der Waals surface area contributed by atoms with Gasteiger partial charge in [0.15, 0.2) is 16.3 Å². The summed E-state index contributed by atoms with van der Waals surface area (Å²) in [7, 11) is -9.82. The van der Waals surface area contributed by atoms with E-state index in [9.17, 15) is 25.9 Å². The summed E-state index contributed by atoms with van der Waals surface area (Å²) in [6.45, 7) is -0.135. The Morgan fingerprint density at radius 3 is 2.09 bits per heavy atom. The van der Waals surface area contributed by atoms with Crippen LogP contribution in [0.5, 0.6) is 0 Å². The Kier molecular flexibility index (Phi) is 5.39. The second-order valence-corrected chi connectivity index (χ2v) is 10.9. The number of halogens is 2. The number of allylic oxidation sites excluding steroid dienone is 2. The number of hydrogen-bond donors (Lipinski definition) is 2. The van der Waals surface area contributed by atoms with Gasteiger partial charge in [0.05, 0.1) is 5.57 Å². The van der Waals surface area contributed by atoms with Gasteiger partial charge < -0.3 is 17.6 Å². The van der Waals surface area contributed by atoms with Gasteiger partial charge in [0.1, 0.15) is 4.90 Å². The van der Waals surface area contributed by atoms with E-state index in [0.29, 0.717) is 8.96 Å². The minimum Gasteiger partial charge on any atom is -0.392 e. The first-order valence-corrected chi connectivity index (χ1v) is 12.9. The molecule has 0 radical (unpaired) electrons. The third-order valence-electron chi connectivity index (χ3n) is 6.18. The van der Waals surface area contributed by atoms with Crippen molar-refractivity contribution >= 4 is 44.2 Å². The zero-order valence-electron chi connectivity index (χ0n) is 18.7. The van der Waals surface area contributed by atoms with Crippen LogP contribution >= 0.6 is 0 Å². The molecule has 0 bridgehead atoms. The Labute approximate surface area is 198 Å². The lowest BCUT2D eigenvalue weighted by Crippen LogP contribution is -2.51. The Hall–Kier alpha value is -3.30. The van der Waals surface area contributed by atoms with Gasteiger partial charge in [-0.3, -0.25) is 9.11 Å². The smallest absolute Gasteiger partial charge is 0.392 e. The van der Waals surface area contributed by atoms with Crippen molar-refractivity contribution in [1.82, 2.24) is 4.48 Å². The Morgan fingerprint density at radius 2 is 1.60 bits per heavy atom. The number of rotatable bonds is 4. The summed E-state index contributed by atoms with van der Waals surface area (Å²) in [6, 6.07) is 5.68. The summed E-state index contributed by atoms with van der Waals surface area (Å²) >= 11 is 0. The number of benzene rings is 1. The van der Waals surface area contributed by atoms with Gasteiger partial charge in [-0.25, -0.2) is 0 Å². The van der Waals surface area contributed by atoms with Gasteiger partial charge in [0.25, 0.3) is 10.1 Å². The monoisotopic (exact) mass is 525 g/mol. The van der Waals surface area contributed by atoms with E-state index in [2.05, 4.69) is 10.0 Å². The Balaban J connectivity index is 2.27. The highest BCUT2D eigenvalue weighted by Gasteiger charge is 2.58. The highest BCUT2D eigenvalue weighted by molar-refractivity contribution is 7.91. The van der Waals surface area contributed by atoms with Gasteiger partial charge in [-0.1, -0.05) is 29.4 Å². The maximum atomic E-state index is 16.1. The Bertz CT molecular complexity index is 1700. The maximum Gasteiger partial charge on any atom is 0.737 e. The van der Waals surface area contributed by atoms with Crippen molar-refractivity contribution < 1.29 is 39.1 Å². The first-order valence-electron chi connectivity index (χ1n) is 9.98. The van der Waals surface area contributed by atoms with E-state index < -0.39 is 48.4 Å². The standard InChI is InChI=1S/C19H18BF2N5O6S2/c1-9-16-15(13-5-7-14(8-6-13)24-25-23)17-10(2)19(35(31,32)33)12(4)27(17)20(21,22)26(16)11(3)18(9)34(28,29)30/h5-8H,1-4H3,(H,28,29,30)(H,31,32,33).